The van der Waals surface area contributed by atoms with E-state index in [0.717, 1.165) is 17.0 Å². The minimum Gasteiger partial charge on any atom is -0.323 e. The van der Waals surface area contributed by atoms with Gasteiger partial charge in [-0.3, -0.25) is 9.89 Å². The fourth-order valence-electron chi connectivity index (χ4n) is 1.57. The largest absolute Gasteiger partial charge is 0.323 e. The molecule has 0 unspecified atom stereocenters. The van der Waals surface area contributed by atoms with E-state index in [1.165, 1.54) is 6.92 Å². The van der Waals surface area contributed by atoms with Crippen molar-refractivity contribution in [2.24, 2.45) is 0 Å². The molecule has 1 amide bonds. The van der Waals surface area contributed by atoms with Crippen LogP contribution in [0.3, 0.4) is 0 Å². The van der Waals surface area contributed by atoms with Gasteiger partial charge in [-0.1, -0.05) is 23.7 Å². The van der Waals surface area contributed by atoms with Gasteiger partial charge in [0, 0.05) is 17.5 Å². The molecule has 0 atom stereocenters. The van der Waals surface area contributed by atoms with Crippen LogP contribution in [0.1, 0.15) is 12.6 Å². The number of aromatic nitrogens is 2. The van der Waals surface area contributed by atoms with Gasteiger partial charge in [0.25, 0.3) is 0 Å². The lowest BCUT2D eigenvalue weighted by atomic mass is 10.1. The van der Waals surface area contributed by atoms with E-state index in [2.05, 4.69) is 15.5 Å². The number of nitrogens with zero attached hydrogens (tertiary/aromatic N) is 1. The molecule has 0 bridgehead atoms. The summed E-state index contributed by atoms with van der Waals surface area (Å²) in [4.78, 5) is 11.1. The molecule has 0 aliphatic carbocycles. The summed E-state index contributed by atoms with van der Waals surface area (Å²) in [5.74, 6) is -0.121. The minimum atomic E-state index is -0.121. The molecule has 2 N–H and O–H groups in total. The van der Waals surface area contributed by atoms with Crippen LogP contribution in [-0.2, 0) is 4.79 Å². The Morgan fingerprint density at radius 1 is 1.35 bits per heavy atom. The van der Waals surface area contributed by atoms with Crippen molar-refractivity contribution in [1.29, 1.82) is 0 Å². The second-order valence-electron chi connectivity index (χ2n) is 3.76. The van der Waals surface area contributed by atoms with Crippen molar-refractivity contribution >= 4 is 23.2 Å². The van der Waals surface area contributed by atoms with Gasteiger partial charge in [0.05, 0.1) is 11.4 Å². The van der Waals surface area contributed by atoms with Gasteiger partial charge < -0.3 is 5.32 Å². The van der Waals surface area contributed by atoms with E-state index in [0.29, 0.717) is 10.7 Å². The molecule has 2 rings (SSSR count). The number of carbonyl (C=O) groups is 1. The zero-order chi connectivity index (χ0) is 12.4. The Morgan fingerprint density at radius 2 is 2.00 bits per heavy atom. The summed E-state index contributed by atoms with van der Waals surface area (Å²) in [7, 11) is 0. The first-order chi connectivity index (χ1) is 8.08. The molecular formula is C12H12ClN3O. The van der Waals surface area contributed by atoms with Crippen molar-refractivity contribution in [3.63, 3.8) is 0 Å². The van der Waals surface area contributed by atoms with Crippen LogP contribution in [0.15, 0.2) is 24.3 Å². The third kappa shape index (κ3) is 2.47. The van der Waals surface area contributed by atoms with Crippen molar-refractivity contribution in [3.8, 4) is 11.3 Å². The van der Waals surface area contributed by atoms with Crippen molar-refractivity contribution in [1.82, 2.24) is 10.2 Å². The molecule has 0 radical (unpaired) electrons. The molecule has 0 fully saturated rings. The van der Waals surface area contributed by atoms with Crippen molar-refractivity contribution in [2.75, 3.05) is 5.32 Å². The molecule has 5 heteroatoms. The van der Waals surface area contributed by atoms with Crippen LogP contribution in [-0.4, -0.2) is 16.1 Å². The van der Waals surface area contributed by atoms with Crippen LogP contribution in [0.4, 0.5) is 5.69 Å². The summed E-state index contributed by atoms with van der Waals surface area (Å²) >= 11 is 5.83. The van der Waals surface area contributed by atoms with Gasteiger partial charge in [-0.2, -0.15) is 5.10 Å². The number of benzene rings is 1. The average Bonchev–Trinajstić information content (AvgIpc) is 2.61. The number of carbonyl (C=O) groups excluding carboxylic acids is 1. The van der Waals surface area contributed by atoms with Gasteiger partial charge in [0.1, 0.15) is 5.69 Å². The van der Waals surface area contributed by atoms with E-state index in [-0.39, 0.29) is 5.91 Å². The van der Waals surface area contributed by atoms with Crippen LogP contribution < -0.4 is 5.32 Å². The number of anilines is 1. The predicted octanol–water partition coefficient (Wildman–Crippen LogP) is 3.00. The number of rotatable bonds is 2. The van der Waals surface area contributed by atoms with E-state index < -0.39 is 0 Å². The number of amides is 1. The highest BCUT2D eigenvalue weighted by Crippen LogP contribution is 2.29. The molecule has 2 aromatic rings. The predicted molar refractivity (Wildman–Crippen MR) is 68.1 cm³/mol. The standard InChI is InChI=1S/C12H12ClN3O/c1-7-11(14-8(2)17)12(16-15-7)9-3-5-10(13)6-4-9/h3-6H,1-2H3,(H,14,17)(H,15,16). The molecule has 1 aromatic heterocycles. The maximum absolute atomic E-state index is 11.1. The van der Waals surface area contributed by atoms with Crippen LogP contribution in [0.2, 0.25) is 5.02 Å². The first-order valence-electron chi connectivity index (χ1n) is 5.16. The van der Waals surface area contributed by atoms with Crippen LogP contribution in [0, 0.1) is 6.92 Å². The Bertz CT molecular complexity index is 545. The van der Waals surface area contributed by atoms with Gasteiger partial charge in [0.15, 0.2) is 0 Å². The molecule has 1 heterocycles. The maximum Gasteiger partial charge on any atom is 0.221 e. The highest BCUT2D eigenvalue weighted by molar-refractivity contribution is 6.30. The Labute approximate surface area is 104 Å². The lowest BCUT2D eigenvalue weighted by molar-refractivity contribution is -0.114. The molecule has 0 aliphatic rings. The summed E-state index contributed by atoms with van der Waals surface area (Å²) in [5.41, 5.74) is 3.15. The van der Waals surface area contributed by atoms with Gasteiger partial charge in [0.2, 0.25) is 5.91 Å². The molecule has 0 saturated carbocycles. The van der Waals surface area contributed by atoms with E-state index >= 15 is 0 Å². The summed E-state index contributed by atoms with van der Waals surface area (Å²) in [6.07, 6.45) is 0. The number of hydrogen-bond acceptors (Lipinski definition) is 2. The molecule has 0 aliphatic heterocycles. The quantitative estimate of drug-likeness (QED) is 0.860. The van der Waals surface area contributed by atoms with Crippen molar-refractivity contribution in [2.45, 2.75) is 13.8 Å². The molecule has 88 valence electrons. The zero-order valence-corrected chi connectivity index (χ0v) is 10.3. The number of hydrogen-bond donors (Lipinski definition) is 2. The maximum atomic E-state index is 11.1. The third-order valence-corrected chi connectivity index (χ3v) is 2.62. The highest BCUT2D eigenvalue weighted by Gasteiger charge is 2.12. The lowest BCUT2D eigenvalue weighted by Crippen LogP contribution is -2.07. The summed E-state index contributed by atoms with van der Waals surface area (Å²) in [6.45, 7) is 3.33. The molecule has 17 heavy (non-hydrogen) atoms. The molecule has 4 nitrogen and oxygen atoms in total. The summed E-state index contributed by atoms with van der Waals surface area (Å²) < 4.78 is 0. The smallest absolute Gasteiger partial charge is 0.221 e. The van der Waals surface area contributed by atoms with E-state index in [9.17, 15) is 4.79 Å². The number of aromatic amines is 1. The lowest BCUT2D eigenvalue weighted by Gasteiger charge is -2.04. The van der Waals surface area contributed by atoms with Crippen molar-refractivity contribution in [3.05, 3.63) is 35.0 Å². The van der Waals surface area contributed by atoms with E-state index in [1.807, 2.05) is 19.1 Å². The SMILES string of the molecule is CC(=O)Nc1c(-c2ccc(Cl)cc2)n[nH]c1C. The normalized spacial score (nSPS) is 10.3. The summed E-state index contributed by atoms with van der Waals surface area (Å²) in [6, 6.07) is 7.31. The minimum absolute atomic E-state index is 0.121. The fraction of sp³-hybridized carbons (Fsp3) is 0.167. The average molecular weight is 250 g/mol. The Balaban J connectivity index is 2.45. The van der Waals surface area contributed by atoms with E-state index in [4.69, 9.17) is 11.6 Å². The zero-order valence-electron chi connectivity index (χ0n) is 9.54. The Hall–Kier alpha value is -1.81. The van der Waals surface area contributed by atoms with Gasteiger partial charge in [-0.15, -0.1) is 0 Å². The van der Waals surface area contributed by atoms with Gasteiger partial charge >= 0.3 is 0 Å². The Morgan fingerprint density at radius 3 is 2.59 bits per heavy atom. The molecule has 0 spiro atoms. The topological polar surface area (TPSA) is 57.8 Å². The number of nitrogens with one attached hydrogen (secondary N) is 2. The monoisotopic (exact) mass is 249 g/mol. The van der Waals surface area contributed by atoms with Crippen LogP contribution in [0.5, 0.6) is 0 Å². The van der Waals surface area contributed by atoms with Gasteiger partial charge in [-0.25, -0.2) is 0 Å². The van der Waals surface area contributed by atoms with Crippen LogP contribution in [0.25, 0.3) is 11.3 Å². The number of H-pyrrole nitrogens is 1. The van der Waals surface area contributed by atoms with Crippen molar-refractivity contribution < 1.29 is 4.79 Å². The molecule has 1 aromatic carbocycles. The molecule has 0 saturated heterocycles. The first kappa shape index (κ1) is 11.7. The number of halogens is 1. The second-order valence-corrected chi connectivity index (χ2v) is 4.20. The van der Waals surface area contributed by atoms with E-state index in [1.54, 1.807) is 12.1 Å². The molecular weight excluding hydrogens is 238 g/mol. The number of aryl methyl sites for hydroxylation is 1. The first-order valence-corrected chi connectivity index (χ1v) is 5.54. The third-order valence-electron chi connectivity index (χ3n) is 2.37. The second kappa shape index (κ2) is 4.59. The summed E-state index contributed by atoms with van der Waals surface area (Å²) in [5, 5.41) is 10.5. The Kier molecular flexibility index (Phi) is 3.15. The fourth-order valence-corrected chi connectivity index (χ4v) is 1.70. The van der Waals surface area contributed by atoms with Gasteiger partial charge in [-0.05, 0) is 19.1 Å². The van der Waals surface area contributed by atoms with Crippen LogP contribution >= 0.6 is 11.6 Å². The highest BCUT2D eigenvalue weighted by atomic mass is 35.5.